The van der Waals surface area contributed by atoms with Crippen LogP contribution in [0.25, 0.3) is 11.5 Å². The molecule has 2 unspecified atom stereocenters. The summed E-state index contributed by atoms with van der Waals surface area (Å²) >= 11 is 0. The molecule has 0 aromatic heterocycles. The summed E-state index contributed by atoms with van der Waals surface area (Å²) in [6.45, 7) is 5.74. The molecule has 276 valence electrons. The van der Waals surface area contributed by atoms with Crippen LogP contribution >= 0.6 is 0 Å². The van der Waals surface area contributed by atoms with Crippen molar-refractivity contribution in [3.63, 3.8) is 0 Å². The van der Waals surface area contributed by atoms with Gasteiger partial charge in [0.2, 0.25) is 0 Å². The van der Waals surface area contributed by atoms with Crippen LogP contribution in [0, 0.1) is 57.7 Å². The Bertz CT molecular complexity index is 858. The fourth-order valence-corrected chi connectivity index (χ4v) is 1.91. The molecule has 0 aromatic rings. The molecule has 0 saturated heterocycles. The van der Waals surface area contributed by atoms with Crippen molar-refractivity contribution in [3.8, 4) is 0 Å². The molecule has 0 rings (SSSR count). The van der Waals surface area contributed by atoms with E-state index in [4.69, 9.17) is 59.0 Å². The van der Waals surface area contributed by atoms with Gasteiger partial charge in [-0.05, 0) is 57.9 Å². The first-order chi connectivity index (χ1) is 20.9. The zero-order valence-electron chi connectivity index (χ0n) is 26.9. The summed E-state index contributed by atoms with van der Waals surface area (Å²) in [7, 11) is 0. The Morgan fingerprint density at radius 3 is 1.17 bits per heavy atom. The average molecular weight is 855 g/mol. The molecule has 27 heteroatoms. The van der Waals surface area contributed by atoms with Crippen LogP contribution in [-0.4, -0.2) is 79.7 Å². The largest absolute Gasteiger partial charge is 0.668 e. The Balaban J connectivity index is -0.0000000686. The predicted octanol–water partition coefficient (Wildman–Crippen LogP) is 1.89. The fourth-order valence-electron chi connectivity index (χ4n) is 1.91. The van der Waals surface area contributed by atoms with Gasteiger partial charge in [0.1, 0.15) is 0 Å². The first kappa shape index (κ1) is 63.4. The van der Waals surface area contributed by atoms with Crippen LogP contribution in [0.2, 0.25) is 0 Å². The van der Waals surface area contributed by atoms with Gasteiger partial charge in [-0.2, -0.15) is 0 Å². The normalized spacial score (nSPS) is 9.52. The van der Waals surface area contributed by atoms with E-state index in [2.05, 4.69) is 9.68 Å². The van der Waals surface area contributed by atoms with Gasteiger partial charge in [-0.25, -0.2) is 0 Å². The number of ketones is 2. The van der Waals surface area contributed by atoms with Crippen LogP contribution in [0.3, 0.4) is 0 Å². The van der Waals surface area contributed by atoms with Crippen molar-refractivity contribution < 1.29 is 125 Å². The molecule has 0 saturated carbocycles. The number of unbranched alkanes of at least 4 members (excludes halogenated alkanes) is 2. The fraction of sp³-hybridized carbons (Fsp3) is 0.762. The van der Waals surface area contributed by atoms with E-state index in [1.807, 2.05) is 0 Å². The molecular formula is C21H43N9O16Y2-2. The number of amidine groups is 1. The molecule has 0 aliphatic rings. The van der Waals surface area contributed by atoms with E-state index in [0.717, 1.165) is 38.5 Å². The molecule has 0 bridgehead atoms. The maximum absolute atomic E-state index is 10.5. The molecular weight excluding hydrogens is 812 g/mol. The number of Topliss-reactive ketones (excluding diaryl/α,β-unsaturated/α-hetero) is 2. The van der Waals surface area contributed by atoms with Gasteiger partial charge in [0.05, 0.1) is 17.6 Å². The summed E-state index contributed by atoms with van der Waals surface area (Å²) in [5.41, 5.74) is 24.0. The Morgan fingerprint density at radius 1 is 0.729 bits per heavy atom. The summed E-state index contributed by atoms with van der Waals surface area (Å²) in [5, 5.41) is 50.9. The summed E-state index contributed by atoms with van der Waals surface area (Å²) in [5.74, 6) is -1.76. The molecule has 9 N–H and O–H groups in total. The molecule has 0 aliphatic heterocycles. The first-order valence-electron chi connectivity index (χ1n) is 12.7. The molecule has 2 radical (unpaired) electrons. The van der Waals surface area contributed by atoms with Gasteiger partial charge >= 0.3 is 0 Å². The summed E-state index contributed by atoms with van der Waals surface area (Å²) in [6, 6.07) is 0. The van der Waals surface area contributed by atoms with Gasteiger partial charge in [-0.3, -0.25) is 15.0 Å². The Kier molecular flexibility index (Phi) is 60.5. The van der Waals surface area contributed by atoms with Crippen LogP contribution in [0.15, 0.2) is 0 Å². The topological polar surface area (TPSA) is 423 Å². The zero-order valence-corrected chi connectivity index (χ0v) is 32.6. The Labute approximate surface area is 325 Å². The van der Waals surface area contributed by atoms with Gasteiger partial charge < -0.3 is 52.6 Å². The summed E-state index contributed by atoms with van der Waals surface area (Å²) in [4.78, 5) is 83.4. The van der Waals surface area contributed by atoms with Gasteiger partial charge in [-0.1, -0.05) is 26.7 Å². The van der Waals surface area contributed by atoms with Crippen LogP contribution in [0.1, 0.15) is 72.6 Å². The number of hydrogen-bond donors (Lipinski definition) is 5. The number of rotatable bonds is 17. The number of hydrogen-bond acceptors (Lipinski definition) is 16. The summed E-state index contributed by atoms with van der Waals surface area (Å²) < 4.78 is 0. The van der Waals surface area contributed by atoms with Crippen molar-refractivity contribution in [3.05, 3.63) is 51.9 Å². The minimum atomic E-state index is -1.50. The van der Waals surface area contributed by atoms with E-state index in [-0.39, 0.29) is 94.7 Å². The maximum Gasteiger partial charge on any atom is 0.294 e. The Morgan fingerprint density at radius 2 is 1.00 bits per heavy atom. The minimum absolute atomic E-state index is 0. The maximum atomic E-state index is 10.5. The van der Waals surface area contributed by atoms with Crippen LogP contribution in [0.5, 0.6) is 0 Å². The molecule has 0 spiro atoms. The molecule has 0 aromatic carbocycles. The second-order valence-electron chi connectivity index (χ2n) is 8.46. The molecule has 0 heterocycles. The third kappa shape index (κ3) is 104. The quantitative estimate of drug-likeness (QED) is 0.0458. The monoisotopic (exact) mass is 855 g/mol. The number of amides is 2. The molecule has 2 atom stereocenters. The van der Waals surface area contributed by atoms with E-state index in [1.165, 1.54) is 13.8 Å². The Hall–Kier alpha value is -3.28. The molecule has 2 amide bonds. The van der Waals surface area contributed by atoms with E-state index < -0.39 is 45.4 Å². The van der Waals surface area contributed by atoms with E-state index in [1.54, 1.807) is 13.8 Å². The number of carbonyl (C=O) groups excluding carboxylic acids is 4. The third-order valence-electron chi connectivity index (χ3n) is 4.07. The van der Waals surface area contributed by atoms with Crippen molar-refractivity contribution in [1.82, 2.24) is 0 Å². The van der Waals surface area contributed by atoms with Crippen LogP contribution < -0.4 is 11.5 Å². The number of nitrogens with zero attached hydrogens (tertiary/aromatic N) is 4. The second-order valence-corrected chi connectivity index (χ2v) is 8.46. The SMILES string of the molecule is CC(=O)CO[N+](=O)[O-].CC(=O)CO[N+](=O)[O-].CC(CCCCC(=N)N)C([NH-])=O.CC(CCCCN)C([NH-])=O.O=[N+]([O-])O.O=[N+]([O-])O.[Y].[Y]. The third-order valence-corrected chi connectivity index (χ3v) is 4.07. The number of nitrogens with one attached hydrogen (secondary N) is 3. The first-order valence-corrected chi connectivity index (χ1v) is 12.7. The standard InChI is InChI=1S/C8H17N3O.C7H16N2O.2C3H5NO4.2HNO3.2Y/c1-6(8(11)12)4-2-3-5-7(9)10;1-6(7(9)10)4-2-3-5-8;2*1-3(5)2-8-4(6)7;2*2-1(3)4;;/h6H,2-5H2,1H3,(H5,9,10,11,12);6H,2-5,8H2,1H3,(H2,9,10);2*2H2,1H3;2*(H,2,3,4);;/p-2. The summed E-state index contributed by atoms with van der Waals surface area (Å²) in [6.07, 6.45) is 5.76. The molecule has 25 nitrogen and oxygen atoms in total. The van der Waals surface area contributed by atoms with E-state index >= 15 is 0 Å². The zero-order chi connectivity index (χ0) is 37.8. The van der Waals surface area contributed by atoms with Crippen molar-refractivity contribution in [2.24, 2.45) is 23.3 Å². The second kappa shape index (κ2) is 45.8. The number of carbonyl (C=O) groups is 4. The average Bonchev–Trinajstić information content (AvgIpc) is 2.89. The minimum Gasteiger partial charge on any atom is -0.668 e. The van der Waals surface area contributed by atoms with Crippen LogP contribution in [0.4, 0.5) is 0 Å². The molecule has 0 fully saturated rings. The van der Waals surface area contributed by atoms with Crippen molar-refractivity contribution in [2.45, 2.75) is 72.6 Å². The van der Waals surface area contributed by atoms with E-state index in [0.29, 0.717) is 13.0 Å². The van der Waals surface area contributed by atoms with Gasteiger partial charge in [0, 0.05) is 71.8 Å². The van der Waals surface area contributed by atoms with Crippen molar-refractivity contribution in [2.75, 3.05) is 19.8 Å². The van der Waals surface area contributed by atoms with Gasteiger partial charge in [0.15, 0.2) is 24.8 Å². The molecule has 48 heavy (non-hydrogen) atoms. The number of nitrogens with two attached hydrogens (primary N) is 2. The van der Waals surface area contributed by atoms with Crippen molar-refractivity contribution in [1.29, 1.82) is 5.41 Å². The smallest absolute Gasteiger partial charge is 0.294 e. The van der Waals surface area contributed by atoms with Gasteiger partial charge in [0.25, 0.3) is 20.3 Å². The molecule has 0 aliphatic carbocycles. The van der Waals surface area contributed by atoms with Crippen molar-refractivity contribution >= 4 is 29.2 Å². The predicted molar refractivity (Wildman–Crippen MR) is 155 cm³/mol. The van der Waals surface area contributed by atoms with Crippen LogP contribution in [-0.2, 0) is 94.3 Å². The van der Waals surface area contributed by atoms with Gasteiger partial charge in [-0.15, -0.1) is 40.5 Å². The van der Waals surface area contributed by atoms with E-state index in [9.17, 15) is 39.4 Å².